The minimum absolute atomic E-state index is 0.116. The molecule has 0 aliphatic carbocycles. The van der Waals surface area contributed by atoms with E-state index in [1.54, 1.807) is 11.4 Å². The van der Waals surface area contributed by atoms with E-state index in [9.17, 15) is 4.79 Å². The first-order valence-corrected chi connectivity index (χ1v) is 8.05. The molecule has 1 aromatic heterocycles. The number of nitrogens with zero attached hydrogens (tertiary/aromatic N) is 1. The Hall–Kier alpha value is -2.16. The normalized spacial score (nSPS) is 11.9. The second kappa shape index (κ2) is 7.74. The van der Waals surface area contributed by atoms with Crippen LogP contribution in [0.3, 0.4) is 0 Å². The van der Waals surface area contributed by atoms with Crippen LogP contribution in [-0.2, 0) is 4.79 Å². The highest BCUT2D eigenvalue weighted by Crippen LogP contribution is 2.23. The molecule has 0 radical (unpaired) electrons. The smallest absolute Gasteiger partial charge is 0.238 e. The summed E-state index contributed by atoms with van der Waals surface area (Å²) >= 11 is 1.36. The van der Waals surface area contributed by atoms with Crippen molar-refractivity contribution < 1.29 is 4.79 Å². The minimum Gasteiger partial charge on any atom is -0.315 e. The van der Waals surface area contributed by atoms with E-state index in [0.717, 1.165) is 0 Å². The summed E-state index contributed by atoms with van der Waals surface area (Å²) in [7, 11) is 0. The predicted octanol–water partition coefficient (Wildman–Crippen LogP) is 3.55. The Morgan fingerprint density at radius 1 is 1.27 bits per heavy atom. The van der Waals surface area contributed by atoms with E-state index < -0.39 is 0 Å². The van der Waals surface area contributed by atoms with Crippen molar-refractivity contribution in [1.29, 1.82) is 5.26 Å². The lowest BCUT2D eigenvalue weighted by Crippen LogP contribution is -2.33. The first-order chi connectivity index (χ1) is 10.6. The van der Waals surface area contributed by atoms with Crippen LogP contribution in [0.4, 0.5) is 5.00 Å². The molecule has 0 saturated carbocycles. The largest absolute Gasteiger partial charge is 0.315 e. The van der Waals surface area contributed by atoms with Gasteiger partial charge in [0, 0.05) is 6.04 Å². The summed E-state index contributed by atoms with van der Waals surface area (Å²) in [4.78, 5) is 12.1. The number of thiophene rings is 1. The van der Waals surface area contributed by atoms with Crippen LogP contribution in [0, 0.1) is 17.2 Å². The van der Waals surface area contributed by atoms with E-state index >= 15 is 0 Å². The molecule has 0 fully saturated rings. The lowest BCUT2D eigenvalue weighted by Gasteiger charge is -2.22. The zero-order chi connectivity index (χ0) is 15.9. The Balaban J connectivity index is 1.95. The molecular weight excluding hydrogens is 294 g/mol. The van der Waals surface area contributed by atoms with Crippen LogP contribution in [-0.4, -0.2) is 12.5 Å². The van der Waals surface area contributed by atoms with E-state index in [-0.39, 0.29) is 18.5 Å². The highest BCUT2D eigenvalue weighted by atomic mass is 32.1. The predicted molar refractivity (Wildman–Crippen MR) is 89.7 cm³/mol. The average molecular weight is 313 g/mol. The van der Waals surface area contributed by atoms with Gasteiger partial charge in [0.25, 0.3) is 0 Å². The fourth-order valence-electron chi connectivity index (χ4n) is 2.27. The molecule has 22 heavy (non-hydrogen) atoms. The number of amides is 1. The lowest BCUT2D eigenvalue weighted by molar-refractivity contribution is -0.115. The Morgan fingerprint density at radius 3 is 2.64 bits per heavy atom. The van der Waals surface area contributed by atoms with Gasteiger partial charge in [-0.3, -0.25) is 4.79 Å². The maximum absolute atomic E-state index is 12.1. The van der Waals surface area contributed by atoms with Gasteiger partial charge < -0.3 is 10.6 Å². The van der Waals surface area contributed by atoms with Gasteiger partial charge in [0.05, 0.1) is 12.1 Å². The number of carbonyl (C=O) groups is 1. The van der Waals surface area contributed by atoms with Crippen LogP contribution >= 0.6 is 11.3 Å². The molecule has 0 aliphatic heterocycles. The van der Waals surface area contributed by atoms with Crippen LogP contribution in [0.15, 0.2) is 41.8 Å². The summed E-state index contributed by atoms with van der Waals surface area (Å²) in [5.41, 5.74) is 1.67. The first-order valence-electron chi connectivity index (χ1n) is 7.17. The number of hydrogen-bond acceptors (Lipinski definition) is 4. The summed E-state index contributed by atoms with van der Waals surface area (Å²) in [6.07, 6.45) is 0. The van der Waals surface area contributed by atoms with Gasteiger partial charge in [-0.25, -0.2) is 0 Å². The van der Waals surface area contributed by atoms with E-state index in [1.165, 1.54) is 16.9 Å². The topological polar surface area (TPSA) is 64.9 Å². The molecular formula is C17H19N3OS. The molecule has 1 aromatic carbocycles. The zero-order valence-electron chi connectivity index (χ0n) is 12.7. The van der Waals surface area contributed by atoms with E-state index in [1.807, 2.05) is 18.2 Å². The number of nitrogens with one attached hydrogen (secondary N) is 2. The van der Waals surface area contributed by atoms with E-state index in [0.29, 0.717) is 16.5 Å². The van der Waals surface area contributed by atoms with Crippen molar-refractivity contribution in [3.05, 3.63) is 52.9 Å². The van der Waals surface area contributed by atoms with Crippen LogP contribution in [0.5, 0.6) is 0 Å². The van der Waals surface area contributed by atoms with Gasteiger partial charge in [0.1, 0.15) is 11.1 Å². The Morgan fingerprint density at radius 2 is 2.00 bits per heavy atom. The van der Waals surface area contributed by atoms with Crippen molar-refractivity contribution in [3.63, 3.8) is 0 Å². The first kappa shape index (κ1) is 16.2. The third-order valence-electron chi connectivity index (χ3n) is 3.35. The maximum atomic E-state index is 12.1. The molecule has 0 unspecified atom stereocenters. The molecule has 0 spiro atoms. The highest BCUT2D eigenvalue weighted by molar-refractivity contribution is 7.14. The molecule has 0 bridgehead atoms. The quantitative estimate of drug-likeness (QED) is 0.857. The number of nitriles is 1. The van der Waals surface area contributed by atoms with Crippen molar-refractivity contribution in [3.8, 4) is 6.07 Å². The molecule has 2 rings (SSSR count). The molecule has 4 nitrogen and oxygen atoms in total. The molecule has 2 aromatic rings. The maximum Gasteiger partial charge on any atom is 0.238 e. The number of anilines is 1. The van der Waals surface area contributed by atoms with Gasteiger partial charge in [0.2, 0.25) is 5.91 Å². The van der Waals surface area contributed by atoms with Gasteiger partial charge in [-0.15, -0.1) is 11.3 Å². The summed E-state index contributed by atoms with van der Waals surface area (Å²) in [6.45, 7) is 4.45. The molecule has 114 valence electrons. The van der Waals surface area contributed by atoms with E-state index in [4.69, 9.17) is 5.26 Å². The Labute approximate surface area is 134 Å². The fourth-order valence-corrected chi connectivity index (χ4v) is 3.02. The van der Waals surface area contributed by atoms with Crippen molar-refractivity contribution in [2.45, 2.75) is 19.9 Å². The highest BCUT2D eigenvalue weighted by Gasteiger charge is 2.16. The zero-order valence-corrected chi connectivity index (χ0v) is 13.5. The van der Waals surface area contributed by atoms with Crippen molar-refractivity contribution in [2.75, 3.05) is 11.9 Å². The standard InChI is InChI=1S/C17H19N3OS/c1-12(2)16(13-6-4-3-5-7-13)19-11-15(21)20-17-14(10-18)8-9-22-17/h3-9,12,16,19H,11H2,1-2H3,(H,20,21)/t16-/m1/s1. The summed E-state index contributed by atoms with van der Waals surface area (Å²) in [6, 6.07) is 14.0. The molecule has 0 aliphatic rings. The molecule has 1 amide bonds. The molecule has 2 N–H and O–H groups in total. The number of benzene rings is 1. The number of carbonyl (C=O) groups excluding carboxylic acids is 1. The van der Waals surface area contributed by atoms with Crippen LogP contribution in [0.1, 0.15) is 31.0 Å². The molecule has 0 saturated heterocycles. The summed E-state index contributed by atoms with van der Waals surface area (Å²) in [5.74, 6) is 0.229. The van der Waals surface area contributed by atoms with Crippen LogP contribution in [0.25, 0.3) is 0 Å². The van der Waals surface area contributed by atoms with Gasteiger partial charge in [-0.2, -0.15) is 5.26 Å². The molecule has 1 heterocycles. The van der Waals surface area contributed by atoms with Crippen LogP contribution < -0.4 is 10.6 Å². The molecule has 1 atom stereocenters. The average Bonchev–Trinajstić information content (AvgIpc) is 2.95. The van der Waals surface area contributed by atoms with Crippen molar-refractivity contribution in [2.24, 2.45) is 5.92 Å². The minimum atomic E-state index is -0.138. The third-order valence-corrected chi connectivity index (χ3v) is 4.18. The van der Waals surface area contributed by atoms with Gasteiger partial charge >= 0.3 is 0 Å². The number of rotatable bonds is 6. The Bertz CT molecular complexity index is 658. The van der Waals surface area contributed by atoms with Gasteiger partial charge in [-0.05, 0) is 22.9 Å². The molecule has 5 heteroatoms. The summed E-state index contributed by atoms with van der Waals surface area (Å²) < 4.78 is 0. The summed E-state index contributed by atoms with van der Waals surface area (Å²) in [5, 5.41) is 17.4. The monoisotopic (exact) mass is 313 g/mol. The van der Waals surface area contributed by atoms with Crippen molar-refractivity contribution in [1.82, 2.24) is 5.32 Å². The lowest BCUT2D eigenvalue weighted by atomic mass is 9.96. The van der Waals surface area contributed by atoms with Gasteiger partial charge in [0.15, 0.2) is 0 Å². The Kier molecular flexibility index (Phi) is 5.70. The van der Waals surface area contributed by atoms with Gasteiger partial charge in [-0.1, -0.05) is 44.2 Å². The SMILES string of the molecule is CC(C)[C@@H](NCC(=O)Nc1sccc1C#N)c1ccccc1. The number of hydrogen-bond donors (Lipinski definition) is 2. The van der Waals surface area contributed by atoms with E-state index in [2.05, 4.69) is 42.7 Å². The second-order valence-corrected chi connectivity index (χ2v) is 6.25. The van der Waals surface area contributed by atoms with Crippen molar-refractivity contribution >= 4 is 22.2 Å². The third kappa shape index (κ3) is 4.17. The second-order valence-electron chi connectivity index (χ2n) is 5.34. The van der Waals surface area contributed by atoms with Crippen LogP contribution in [0.2, 0.25) is 0 Å². The fraction of sp³-hybridized carbons (Fsp3) is 0.294.